The number of nitro benzene ring substituents is 1. The SMILES string of the molecule is O=Cc1cc([N+](=O)[O-])ccc1OCCC1CCCCC1. The minimum absolute atomic E-state index is 0.0910. The minimum Gasteiger partial charge on any atom is -0.493 e. The van der Waals surface area contributed by atoms with Crippen LogP contribution in [0.3, 0.4) is 0 Å². The lowest BCUT2D eigenvalue weighted by Gasteiger charge is -2.21. The van der Waals surface area contributed by atoms with Crippen LogP contribution in [0.25, 0.3) is 0 Å². The number of benzene rings is 1. The number of carbonyl (C=O) groups is 1. The van der Waals surface area contributed by atoms with E-state index in [1.165, 1.54) is 50.3 Å². The first kappa shape index (κ1) is 14.5. The maximum absolute atomic E-state index is 11.0. The van der Waals surface area contributed by atoms with E-state index in [0.717, 1.165) is 6.42 Å². The van der Waals surface area contributed by atoms with E-state index >= 15 is 0 Å². The number of rotatable bonds is 6. The number of ether oxygens (including phenoxy) is 1. The maximum Gasteiger partial charge on any atom is 0.270 e. The zero-order valence-corrected chi connectivity index (χ0v) is 11.4. The Labute approximate surface area is 118 Å². The molecule has 2 rings (SSSR count). The zero-order valence-electron chi connectivity index (χ0n) is 11.4. The molecule has 0 radical (unpaired) electrons. The molecule has 0 atom stereocenters. The number of carbonyl (C=O) groups excluding carboxylic acids is 1. The number of hydrogen-bond donors (Lipinski definition) is 0. The second-order valence-corrected chi connectivity index (χ2v) is 5.24. The third-order valence-electron chi connectivity index (χ3n) is 3.84. The van der Waals surface area contributed by atoms with Gasteiger partial charge in [0, 0.05) is 12.1 Å². The highest BCUT2D eigenvalue weighted by Crippen LogP contribution is 2.27. The van der Waals surface area contributed by atoms with Gasteiger partial charge in [0.15, 0.2) is 6.29 Å². The fourth-order valence-corrected chi connectivity index (χ4v) is 2.68. The lowest BCUT2D eigenvalue weighted by atomic mass is 9.87. The first-order valence-electron chi connectivity index (χ1n) is 7.07. The molecular weight excluding hydrogens is 258 g/mol. The molecule has 1 saturated carbocycles. The van der Waals surface area contributed by atoms with Crippen molar-refractivity contribution in [2.75, 3.05) is 6.61 Å². The predicted molar refractivity (Wildman–Crippen MR) is 75.2 cm³/mol. The molecule has 0 spiro atoms. The van der Waals surface area contributed by atoms with E-state index in [4.69, 9.17) is 4.74 Å². The van der Waals surface area contributed by atoms with Crippen molar-refractivity contribution >= 4 is 12.0 Å². The highest BCUT2D eigenvalue weighted by Gasteiger charge is 2.15. The molecule has 0 aliphatic heterocycles. The smallest absolute Gasteiger partial charge is 0.270 e. The van der Waals surface area contributed by atoms with Gasteiger partial charge in [-0.3, -0.25) is 14.9 Å². The van der Waals surface area contributed by atoms with Crippen molar-refractivity contribution in [2.45, 2.75) is 38.5 Å². The topological polar surface area (TPSA) is 69.4 Å². The molecule has 0 aromatic heterocycles. The van der Waals surface area contributed by atoms with E-state index in [9.17, 15) is 14.9 Å². The quantitative estimate of drug-likeness (QED) is 0.451. The zero-order chi connectivity index (χ0) is 14.4. The average molecular weight is 277 g/mol. The van der Waals surface area contributed by atoms with Crippen molar-refractivity contribution in [3.63, 3.8) is 0 Å². The Bertz CT molecular complexity index is 481. The van der Waals surface area contributed by atoms with E-state index in [1.54, 1.807) is 0 Å². The van der Waals surface area contributed by atoms with Gasteiger partial charge < -0.3 is 4.74 Å². The Morgan fingerprint density at radius 1 is 1.30 bits per heavy atom. The van der Waals surface area contributed by atoms with Gasteiger partial charge in [0.1, 0.15) is 5.75 Å². The van der Waals surface area contributed by atoms with Gasteiger partial charge in [-0.2, -0.15) is 0 Å². The molecule has 1 aromatic rings. The van der Waals surface area contributed by atoms with Crippen molar-refractivity contribution < 1.29 is 14.5 Å². The molecule has 20 heavy (non-hydrogen) atoms. The van der Waals surface area contributed by atoms with E-state index in [-0.39, 0.29) is 11.3 Å². The van der Waals surface area contributed by atoms with Gasteiger partial charge in [-0.05, 0) is 18.4 Å². The minimum atomic E-state index is -0.515. The van der Waals surface area contributed by atoms with Crippen LogP contribution in [0.1, 0.15) is 48.9 Å². The van der Waals surface area contributed by atoms with Crippen LogP contribution in [0, 0.1) is 16.0 Å². The van der Waals surface area contributed by atoms with Gasteiger partial charge in [0.25, 0.3) is 5.69 Å². The van der Waals surface area contributed by atoms with Gasteiger partial charge in [-0.15, -0.1) is 0 Å². The highest BCUT2D eigenvalue weighted by molar-refractivity contribution is 5.80. The Kier molecular flexibility index (Phi) is 5.09. The molecule has 1 aromatic carbocycles. The summed E-state index contributed by atoms with van der Waals surface area (Å²) in [5.74, 6) is 1.14. The number of nitro groups is 1. The van der Waals surface area contributed by atoms with Gasteiger partial charge >= 0.3 is 0 Å². The second-order valence-electron chi connectivity index (χ2n) is 5.24. The molecule has 0 saturated heterocycles. The third kappa shape index (κ3) is 3.79. The summed E-state index contributed by atoms with van der Waals surface area (Å²) in [5.41, 5.74) is 0.148. The maximum atomic E-state index is 11.0. The van der Waals surface area contributed by atoms with Crippen molar-refractivity contribution in [3.8, 4) is 5.75 Å². The van der Waals surface area contributed by atoms with E-state index in [2.05, 4.69) is 0 Å². The fraction of sp³-hybridized carbons (Fsp3) is 0.533. The van der Waals surface area contributed by atoms with Crippen LogP contribution >= 0.6 is 0 Å². The summed E-state index contributed by atoms with van der Waals surface area (Å²) in [5, 5.41) is 10.6. The number of non-ortho nitro benzene ring substituents is 1. The van der Waals surface area contributed by atoms with Crippen LogP contribution in [0.5, 0.6) is 5.75 Å². The number of hydrogen-bond acceptors (Lipinski definition) is 4. The molecule has 0 heterocycles. The average Bonchev–Trinajstić information content (AvgIpc) is 2.48. The summed E-state index contributed by atoms with van der Waals surface area (Å²) in [7, 11) is 0. The molecule has 108 valence electrons. The monoisotopic (exact) mass is 277 g/mol. The summed E-state index contributed by atoms with van der Waals surface area (Å²) in [4.78, 5) is 21.1. The molecule has 1 aliphatic rings. The Balaban J connectivity index is 1.91. The third-order valence-corrected chi connectivity index (χ3v) is 3.84. The van der Waals surface area contributed by atoms with Crippen LogP contribution < -0.4 is 4.74 Å². The van der Waals surface area contributed by atoms with Crippen LogP contribution in [0.4, 0.5) is 5.69 Å². The van der Waals surface area contributed by atoms with Gasteiger partial charge in [-0.25, -0.2) is 0 Å². The highest BCUT2D eigenvalue weighted by atomic mass is 16.6. The Morgan fingerprint density at radius 2 is 2.05 bits per heavy atom. The van der Waals surface area contributed by atoms with Crippen molar-refractivity contribution in [2.24, 2.45) is 5.92 Å². The molecule has 5 heteroatoms. The normalized spacial score (nSPS) is 15.8. The van der Waals surface area contributed by atoms with Gasteiger partial charge in [0.05, 0.1) is 17.1 Å². The van der Waals surface area contributed by atoms with E-state index < -0.39 is 4.92 Å². The molecule has 5 nitrogen and oxygen atoms in total. The van der Waals surface area contributed by atoms with Gasteiger partial charge in [0.2, 0.25) is 0 Å². The summed E-state index contributed by atoms with van der Waals surface area (Å²) in [6.07, 6.45) is 8.01. The van der Waals surface area contributed by atoms with Gasteiger partial charge in [-0.1, -0.05) is 32.1 Å². The largest absolute Gasteiger partial charge is 0.493 e. The summed E-state index contributed by atoms with van der Waals surface area (Å²) >= 11 is 0. The number of aldehydes is 1. The molecule has 0 bridgehead atoms. The lowest BCUT2D eigenvalue weighted by molar-refractivity contribution is -0.384. The fourth-order valence-electron chi connectivity index (χ4n) is 2.68. The Hall–Kier alpha value is -1.91. The Morgan fingerprint density at radius 3 is 2.70 bits per heavy atom. The summed E-state index contributed by atoms with van der Waals surface area (Å²) < 4.78 is 5.61. The van der Waals surface area contributed by atoms with Crippen molar-refractivity contribution in [1.29, 1.82) is 0 Å². The number of nitrogens with zero attached hydrogens (tertiary/aromatic N) is 1. The van der Waals surface area contributed by atoms with Crippen LogP contribution in [-0.4, -0.2) is 17.8 Å². The summed E-state index contributed by atoms with van der Waals surface area (Å²) in [6.45, 7) is 0.559. The van der Waals surface area contributed by atoms with E-state index in [1.807, 2.05) is 0 Å². The molecular formula is C15H19NO4. The second kappa shape index (κ2) is 7.03. The van der Waals surface area contributed by atoms with Crippen molar-refractivity contribution in [3.05, 3.63) is 33.9 Å². The molecule has 1 aliphatic carbocycles. The molecule has 0 N–H and O–H groups in total. The van der Waals surface area contributed by atoms with Crippen LogP contribution in [0.15, 0.2) is 18.2 Å². The lowest BCUT2D eigenvalue weighted by Crippen LogP contribution is -2.11. The molecule has 0 amide bonds. The van der Waals surface area contributed by atoms with E-state index in [0.29, 0.717) is 24.6 Å². The molecule has 1 fully saturated rings. The predicted octanol–water partition coefficient (Wildman–Crippen LogP) is 3.76. The first-order chi connectivity index (χ1) is 9.70. The summed E-state index contributed by atoms with van der Waals surface area (Å²) in [6, 6.07) is 4.12. The van der Waals surface area contributed by atoms with Crippen LogP contribution in [-0.2, 0) is 0 Å². The van der Waals surface area contributed by atoms with Crippen LogP contribution in [0.2, 0.25) is 0 Å². The first-order valence-corrected chi connectivity index (χ1v) is 7.07. The standard InChI is InChI=1S/C15H19NO4/c17-11-13-10-14(16(18)19)6-7-15(13)20-9-8-12-4-2-1-3-5-12/h6-7,10-12H,1-5,8-9H2. The molecule has 0 unspecified atom stereocenters. The van der Waals surface area contributed by atoms with Crippen molar-refractivity contribution in [1.82, 2.24) is 0 Å².